The van der Waals surface area contributed by atoms with E-state index in [2.05, 4.69) is 33.1 Å². The maximum Gasteiger partial charge on any atom is 0.130 e. The molecule has 0 radical (unpaired) electrons. The van der Waals surface area contributed by atoms with Crippen molar-refractivity contribution in [1.82, 2.24) is 10.3 Å². The number of aromatic nitrogens is 1. The first kappa shape index (κ1) is 17.5. The van der Waals surface area contributed by atoms with Gasteiger partial charge in [0, 0.05) is 24.2 Å². The molecular formula is C20H26N4OS. The summed E-state index contributed by atoms with van der Waals surface area (Å²) in [6, 6.07) is 10.9. The van der Waals surface area contributed by atoms with Gasteiger partial charge in [0.1, 0.15) is 23.7 Å². The molecule has 1 aromatic carbocycles. The van der Waals surface area contributed by atoms with E-state index in [1.165, 1.54) is 42.7 Å². The van der Waals surface area contributed by atoms with Gasteiger partial charge in [-0.25, -0.2) is 4.98 Å². The quantitative estimate of drug-likeness (QED) is 0.699. The normalized spacial score (nSPS) is 19.7. The molecule has 0 amide bonds. The topological polar surface area (TPSA) is 58.2 Å². The second-order valence-electron chi connectivity index (χ2n) is 6.89. The second-order valence-corrected chi connectivity index (χ2v) is 8.04. The molecule has 1 fully saturated rings. The van der Waals surface area contributed by atoms with Crippen molar-refractivity contribution < 1.29 is 4.74 Å². The van der Waals surface area contributed by atoms with Crippen molar-refractivity contribution in [2.45, 2.75) is 55.1 Å². The zero-order valence-electron chi connectivity index (χ0n) is 15.1. The number of ether oxygens (including phenoxy) is 1. The van der Waals surface area contributed by atoms with E-state index in [0.717, 1.165) is 17.1 Å². The first-order valence-electron chi connectivity index (χ1n) is 9.39. The fourth-order valence-electron chi connectivity index (χ4n) is 3.53. The average molecular weight is 371 g/mol. The molecule has 5 nitrogen and oxygen atoms in total. The summed E-state index contributed by atoms with van der Waals surface area (Å²) >= 11 is 1.85. The summed E-state index contributed by atoms with van der Waals surface area (Å²) in [5.41, 5.74) is 2.56. The Kier molecular flexibility index (Phi) is 5.51. The molecular weight excluding hydrogens is 344 g/mol. The lowest BCUT2D eigenvalue weighted by Crippen LogP contribution is -2.40. The van der Waals surface area contributed by atoms with E-state index in [4.69, 9.17) is 4.74 Å². The molecule has 2 heterocycles. The molecule has 3 N–H and O–H groups in total. The Morgan fingerprint density at radius 3 is 2.92 bits per heavy atom. The van der Waals surface area contributed by atoms with Crippen LogP contribution in [0.4, 0.5) is 11.5 Å². The average Bonchev–Trinajstić information content (AvgIpc) is 3.08. The van der Waals surface area contributed by atoms with Gasteiger partial charge < -0.3 is 15.4 Å². The lowest BCUT2D eigenvalue weighted by molar-refractivity contribution is 0.305. The highest BCUT2D eigenvalue weighted by Crippen LogP contribution is 2.40. The van der Waals surface area contributed by atoms with Gasteiger partial charge in [0.2, 0.25) is 0 Å². The first-order chi connectivity index (χ1) is 12.8. The predicted octanol–water partition coefficient (Wildman–Crippen LogP) is 4.43. The number of anilines is 2. The van der Waals surface area contributed by atoms with Crippen molar-refractivity contribution >= 4 is 23.3 Å². The molecule has 1 atom stereocenters. The molecule has 1 saturated carbocycles. The summed E-state index contributed by atoms with van der Waals surface area (Å²) in [4.78, 5) is 5.48. The standard InChI is InChI=1S/C20H26N4OS/c1-21-19-11-14(9-10-22-19)13-25-16-7-8-17-18(12-16)26-20(24-17)23-15-5-3-2-4-6-15/h7-12,15,20,23-24H,2-6,13H2,1H3,(H,21,22). The van der Waals surface area contributed by atoms with Gasteiger partial charge in [0.15, 0.2) is 0 Å². The molecule has 1 unspecified atom stereocenters. The monoisotopic (exact) mass is 370 g/mol. The third-order valence-corrected chi connectivity index (χ3v) is 6.04. The fourth-order valence-corrected chi connectivity index (χ4v) is 4.67. The number of rotatable bonds is 6. The molecule has 26 heavy (non-hydrogen) atoms. The van der Waals surface area contributed by atoms with Crippen molar-refractivity contribution in [2.24, 2.45) is 0 Å². The molecule has 4 rings (SSSR count). The van der Waals surface area contributed by atoms with E-state index in [0.29, 0.717) is 12.6 Å². The van der Waals surface area contributed by atoms with Crippen molar-refractivity contribution in [3.8, 4) is 5.75 Å². The van der Waals surface area contributed by atoms with Crippen LogP contribution in [0.15, 0.2) is 41.4 Å². The number of thioether (sulfide) groups is 1. The van der Waals surface area contributed by atoms with Crippen molar-refractivity contribution in [3.63, 3.8) is 0 Å². The van der Waals surface area contributed by atoms with Gasteiger partial charge in [-0.3, -0.25) is 5.32 Å². The molecule has 1 aliphatic carbocycles. The van der Waals surface area contributed by atoms with Crippen LogP contribution in [0.1, 0.15) is 37.7 Å². The smallest absolute Gasteiger partial charge is 0.130 e. The number of pyridine rings is 1. The minimum Gasteiger partial charge on any atom is -0.489 e. The highest BCUT2D eigenvalue weighted by molar-refractivity contribution is 8.00. The molecule has 0 saturated heterocycles. The Hall–Kier alpha value is -1.92. The minimum absolute atomic E-state index is 0.265. The molecule has 0 spiro atoms. The van der Waals surface area contributed by atoms with Gasteiger partial charge in [-0.1, -0.05) is 31.0 Å². The SMILES string of the molecule is CNc1cc(COc2ccc3c(c2)SC(NC2CCCCC2)N3)ccn1. The van der Waals surface area contributed by atoms with Crippen LogP contribution in [-0.2, 0) is 6.61 Å². The van der Waals surface area contributed by atoms with Gasteiger partial charge in [-0.2, -0.15) is 0 Å². The largest absolute Gasteiger partial charge is 0.489 e. The molecule has 2 aliphatic rings. The summed E-state index contributed by atoms with van der Waals surface area (Å²) in [5, 5.41) is 10.4. The van der Waals surface area contributed by atoms with Crippen molar-refractivity contribution in [3.05, 3.63) is 42.1 Å². The number of hydrogen-bond donors (Lipinski definition) is 3. The lowest BCUT2D eigenvalue weighted by Gasteiger charge is -2.26. The summed E-state index contributed by atoms with van der Waals surface area (Å²) in [7, 11) is 1.87. The molecule has 1 aromatic heterocycles. The van der Waals surface area contributed by atoms with Gasteiger partial charge in [0.25, 0.3) is 0 Å². The van der Waals surface area contributed by atoms with E-state index >= 15 is 0 Å². The lowest BCUT2D eigenvalue weighted by atomic mass is 9.96. The summed E-state index contributed by atoms with van der Waals surface area (Å²) in [5.74, 6) is 1.76. The summed E-state index contributed by atoms with van der Waals surface area (Å²) in [6.07, 6.45) is 8.48. The van der Waals surface area contributed by atoms with Crippen LogP contribution in [0.3, 0.4) is 0 Å². The van der Waals surface area contributed by atoms with Crippen LogP contribution < -0.4 is 20.7 Å². The summed E-state index contributed by atoms with van der Waals surface area (Å²) in [6.45, 7) is 0.540. The Bertz CT molecular complexity index is 748. The van der Waals surface area contributed by atoms with Gasteiger partial charge >= 0.3 is 0 Å². The molecule has 2 aromatic rings. The molecule has 0 bridgehead atoms. The maximum absolute atomic E-state index is 5.98. The van der Waals surface area contributed by atoms with Crippen molar-refractivity contribution in [1.29, 1.82) is 0 Å². The maximum atomic E-state index is 5.98. The third kappa shape index (κ3) is 4.24. The first-order valence-corrected chi connectivity index (χ1v) is 10.3. The van der Waals surface area contributed by atoms with Crippen molar-refractivity contribution in [2.75, 3.05) is 17.7 Å². The number of nitrogens with zero attached hydrogens (tertiary/aromatic N) is 1. The Balaban J connectivity index is 1.34. The molecule has 1 aliphatic heterocycles. The highest BCUT2D eigenvalue weighted by Gasteiger charge is 2.25. The van der Waals surface area contributed by atoms with Crippen LogP contribution >= 0.6 is 11.8 Å². The zero-order valence-corrected chi connectivity index (χ0v) is 15.9. The highest BCUT2D eigenvalue weighted by atomic mass is 32.2. The van der Waals surface area contributed by atoms with E-state index in [-0.39, 0.29) is 5.50 Å². The van der Waals surface area contributed by atoms with Gasteiger partial charge in [-0.15, -0.1) is 0 Å². The Morgan fingerprint density at radius 1 is 1.19 bits per heavy atom. The van der Waals surface area contributed by atoms with Gasteiger partial charge in [0.05, 0.1) is 5.69 Å². The fraction of sp³-hybridized carbons (Fsp3) is 0.450. The zero-order chi connectivity index (χ0) is 17.8. The van der Waals surface area contributed by atoms with Crippen LogP contribution in [0.5, 0.6) is 5.75 Å². The Labute approximate surface area is 159 Å². The van der Waals surface area contributed by atoms with E-state index in [9.17, 15) is 0 Å². The molecule has 138 valence electrons. The second kappa shape index (κ2) is 8.18. The van der Waals surface area contributed by atoms with Crippen LogP contribution in [0.2, 0.25) is 0 Å². The number of benzene rings is 1. The predicted molar refractivity (Wildman–Crippen MR) is 108 cm³/mol. The minimum atomic E-state index is 0.265. The van der Waals surface area contributed by atoms with Crippen LogP contribution in [0.25, 0.3) is 0 Å². The Morgan fingerprint density at radius 2 is 2.08 bits per heavy atom. The number of nitrogens with one attached hydrogen (secondary N) is 3. The van der Waals surface area contributed by atoms with E-state index < -0.39 is 0 Å². The van der Waals surface area contributed by atoms with E-state index in [1.807, 2.05) is 37.0 Å². The van der Waals surface area contributed by atoms with Crippen LogP contribution in [0, 0.1) is 0 Å². The summed E-state index contributed by atoms with van der Waals surface area (Å²) < 4.78 is 5.98. The molecule has 6 heteroatoms. The third-order valence-electron chi connectivity index (χ3n) is 4.96. The number of hydrogen-bond acceptors (Lipinski definition) is 6. The number of fused-ring (bicyclic) bond motifs is 1. The van der Waals surface area contributed by atoms with E-state index in [1.54, 1.807) is 6.20 Å². The van der Waals surface area contributed by atoms with Gasteiger partial charge in [-0.05, 0) is 48.7 Å². The van der Waals surface area contributed by atoms with Crippen LogP contribution in [-0.4, -0.2) is 23.6 Å².